The van der Waals surface area contributed by atoms with Crippen LogP contribution in [0, 0.1) is 0 Å². The Kier molecular flexibility index (Phi) is 10.3. The minimum atomic E-state index is 0.780. The van der Waals surface area contributed by atoms with Gasteiger partial charge in [-0.15, -0.1) is 0 Å². The van der Waals surface area contributed by atoms with E-state index in [1.165, 1.54) is 6.42 Å². The molecule has 5 heteroatoms. The molecule has 1 heterocycles. The van der Waals surface area contributed by atoms with Gasteiger partial charge in [-0.1, -0.05) is 13.3 Å². The molecule has 0 aromatic carbocycles. The quantitative estimate of drug-likeness (QED) is 0.374. The highest BCUT2D eigenvalue weighted by Gasteiger charge is 1.99. The Morgan fingerprint density at radius 2 is 2.10 bits per heavy atom. The standard InChI is InChI=1S/C16H29N3O2/c1-3-5-12-20-13-7-10-18-16(17-4-2)19-11-9-15-8-6-14-21-15/h6,8,14H,3-5,7,9-13H2,1-2H3,(H2,17,18,19). The molecule has 1 aromatic rings. The highest BCUT2D eigenvalue weighted by Crippen LogP contribution is 1.99. The van der Waals surface area contributed by atoms with Crippen LogP contribution in [0.4, 0.5) is 0 Å². The first-order valence-corrected chi connectivity index (χ1v) is 7.99. The third-order valence-corrected chi connectivity index (χ3v) is 2.95. The zero-order chi connectivity index (χ0) is 15.2. The smallest absolute Gasteiger partial charge is 0.191 e. The lowest BCUT2D eigenvalue weighted by Crippen LogP contribution is -2.38. The van der Waals surface area contributed by atoms with E-state index in [2.05, 4.69) is 29.5 Å². The van der Waals surface area contributed by atoms with Crippen LogP contribution in [0.3, 0.4) is 0 Å². The van der Waals surface area contributed by atoms with Gasteiger partial charge >= 0.3 is 0 Å². The molecule has 0 aliphatic carbocycles. The lowest BCUT2D eigenvalue weighted by atomic mass is 10.3. The molecular formula is C16H29N3O2. The highest BCUT2D eigenvalue weighted by atomic mass is 16.5. The lowest BCUT2D eigenvalue weighted by Gasteiger charge is -2.10. The number of hydrogen-bond acceptors (Lipinski definition) is 3. The van der Waals surface area contributed by atoms with E-state index in [1.54, 1.807) is 6.26 Å². The number of guanidine groups is 1. The summed E-state index contributed by atoms with van der Waals surface area (Å²) in [4.78, 5) is 4.53. The molecule has 0 spiro atoms. The topological polar surface area (TPSA) is 58.8 Å². The van der Waals surface area contributed by atoms with Crippen LogP contribution in [0.1, 0.15) is 38.9 Å². The molecule has 0 saturated heterocycles. The largest absolute Gasteiger partial charge is 0.469 e. The van der Waals surface area contributed by atoms with Crippen molar-refractivity contribution in [3.8, 4) is 0 Å². The Bertz CT molecular complexity index is 364. The van der Waals surface area contributed by atoms with Crippen molar-refractivity contribution in [2.45, 2.75) is 39.5 Å². The van der Waals surface area contributed by atoms with Gasteiger partial charge in [0.05, 0.1) is 6.26 Å². The number of ether oxygens (including phenoxy) is 1. The van der Waals surface area contributed by atoms with Gasteiger partial charge in [0.15, 0.2) is 5.96 Å². The van der Waals surface area contributed by atoms with Crippen molar-refractivity contribution in [3.05, 3.63) is 24.2 Å². The zero-order valence-corrected chi connectivity index (χ0v) is 13.4. The van der Waals surface area contributed by atoms with Gasteiger partial charge in [0, 0.05) is 39.3 Å². The summed E-state index contributed by atoms with van der Waals surface area (Å²) in [6.07, 6.45) is 5.84. The molecule has 0 unspecified atom stereocenters. The van der Waals surface area contributed by atoms with E-state index in [4.69, 9.17) is 9.15 Å². The fraction of sp³-hybridized carbons (Fsp3) is 0.688. The molecule has 0 aliphatic rings. The summed E-state index contributed by atoms with van der Waals surface area (Å²) < 4.78 is 10.8. The van der Waals surface area contributed by atoms with Gasteiger partial charge in [-0.3, -0.25) is 4.99 Å². The second kappa shape index (κ2) is 12.3. The molecule has 5 nitrogen and oxygen atoms in total. The molecule has 0 fully saturated rings. The summed E-state index contributed by atoms with van der Waals surface area (Å²) in [7, 11) is 0. The van der Waals surface area contributed by atoms with E-state index in [1.807, 2.05) is 12.1 Å². The minimum Gasteiger partial charge on any atom is -0.469 e. The molecule has 0 atom stereocenters. The SMILES string of the molecule is CCCCOCCCN=C(NCC)NCCc1ccco1. The average Bonchev–Trinajstić information content (AvgIpc) is 2.99. The number of hydrogen-bond donors (Lipinski definition) is 2. The summed E-state index contributed by atoms with van der Waals surface area (Å²) >= 11 is 0. The number of furan rings is 1. The Morgan fingerprint density at radius 1 is 1.24 bits per heavy atom. The Hall–Kier alpha value is -1.49. The molecule has 0 bridgehead atoms. The van der Waals surface area contributed by atoms with Gasteiger partial charge in [0.2, 0.25) is 0 Å². The normalized spacial score (nSPS) is 11.6. The molecule has 1 rings (SSSR count). The second-order valence-corrected chi connectivity index (χ2v) is 4.84. The second-order valence-electron chi connectivity index (χ2n) is 4.84. The summed E-state index contributed by atoms with van der Waals surface area (Å²) in [5.74, 6) is 1.85. The van der Waals surface area contributed by atoms with Crippen LogP contribution in [0.5, 0.6) is 0 Å². The monoisotopic (exact) mass is 295 g/mol. The van der Waals surface area contributed by atoms with E-state index in [0.717, 1.165) is 63.8 Å². The molecule has 0 saturated carbocycles. The zero-order valence-electron chi connectivity index (χ0n) is 13.4. The summed E-state index contributed by atoms with van der Waals surface area (Å²) in [5, 5.41) is 6.55. The van der Waals surface area contributed by atoms with Gasteiger partial charge in [-0.25, -0.2) is 0 Å². The Balaban J connectivity index is 2.13. The average molecular weight is 295 g/mol. The van der Waals surface area contributed by atoms with Crippen molar-refractivity contribution in [1.82, 2.24) is 10.6 Å². The maximum Gasteiger partial charge on any atom is 0.191 e. The van der Waals surface area contributed by atoms with E-state index < -0.39 is 0 Å². The predicted octanol–water partition coefficient (Wildman–Crippen LogP) is 2.58. The van der Waals surface area contributed by atoms with Gasteiger partial charge in [-0.2, -0.15) is 0 Å². The van der Waals surface area contributed by atoms with Crippen molar-refractivity contribution < 1.29 is 9.15 Å². The Labute approximate surface area is 128 Å². The summed E-state index contributed by atoms with van der Waals surface area (Å²) in [5.41, 5.74) is 0. The van der Waals surface area contributed by atoms with Crippen LogP contribution in [0.25, 0.3) is 0 Å². The summed E-state index contributed by atoms with van der Waals surface area (Å²) in [6.45, 7) is 8.34. The van der Waals surface area contributed by atoms with Crippen molar-refractivity contribution in [2.24, 2.45) is 4.99 Å². The molecule has 1 aromatic heterocycles. The number of rotatable bonds is 11. The van der Waals surface area contributed by atoms with E-state index in [0.29, 0.717) is 0 Å². The first-order valence-electron chi connectivity index (χ1n) is 7.99. The van der Waals surface area contributed by atoms with Crippen LogP contribution in [0.2, 0.25) is 0 Å². The van der Waals surface area contributed by atoms with E-state index >= 15 is 0 Å². The van der Waals surface area contributed by atoms with Crippen LogP contribution in [-0.2, 0) is 11.2 Å². The molecule has 0 aliphatic heterocycles. The van der Waals surface area contributed by atoms with Gasteiger partial charge in [-0.05, 0) is 31.9 Å². The van der Waals surface area contributed by atoms with E-state index in [9.17, 15) is 0 Å². The Morgan fingerprint density at radius 3 is 2.81 bits per heavy atom. The van der Waals surface area contributed by atoms with Gasteiger partial charge < -0.3 is 19.8 Å². The van der Waals surface area contributed by atoms with Gasteiger partial charge in [0.25, 0.3) is 0 Å². The fourth-order valence-corrected chi connectivity index (χ4v) is 1.81. The van der Waals surface area contributed by atoms with Crippen molar-refractivity contribution in [2.75, 3.05) is 32.8 Å². The number of nitrogens with zero attached hydrogens (tertiary/aromatic N) is 1. The van der Waals surface area contributed by atoms with Gasteiger partial charge in [0.1, 0.15) is 5.76 Å². The van der Waals surface area contributed by atoms with Crippen molar-refractivity contribution >= 4 is 5.96 Å². The predicted molar refractivity (Wildman–Crippen MR) is 86.7 cm³/mol. The van der Waals surface area contributed by atoms with E-state index in [-0.39, 0.29) is 0 Å². The van der Waals surface area contributed by atoms with Crippen molar-refractivity contribution in [3.63, 3.8) is 0 Å². The highest BCUT2D eigenvalue weighted by molar-refractivity contribution is 5.79. The first kappa shape index (κ1) is 17.6. The maximum absolute atomic E-state index is 5.52. The molecule has 0 radical (unpaired) electrons. The van der Waals surface area contributed by atoms with Crippen LogP contribution < -0.4 is 10.6 Å². The molecule has 120 valence electrons. The number of unbranched alkanes of at least 4 members (excludes halogenated alkanes) is 1. The number of nitrogens with one attached hydrogen (secondary N) is 2. The number of aliphatic imine (C=N–C) groups is 1. The van der Waals surface area contributed by atoms with Crippen LogP contribution in [-0.4, -0.2) is 38.8 Å². The van der Waals surface area contributed by atoms with Crippen LogP contribution in [0.15, 0.2) is 27.8 Å². The molecule has 2 N–H and O–H groups in total. The third-order valence-electron chi connectivity index (χ3n) is 2.95. The molecule has 0 amide bonds. The van der Waals surface area contributed by atoms with Crippen molar-refractivity contribution in [1.29, 1.82) is 0 Å². The first-order chi connectivity index (χ1) is 10.4. The fourth-order valence-electron chi connectivity index (χ4n) is 1.81. The third kappa shape index (κ3) is 9.13. The molecule has 21 heavy (non-hydrogen) atoms. The maximum atomic E-state index is 5.52. The minimum absolute atomic E-state index is 0.780. The lowest BCUT2D eigenvalue weighted by molar-refractivity contribution is 0.130. The summed E-state index contributed by atoms with van der Waals surface area (Å²) in [6, 6.07) is 3.90. The molecular weight excluding hydrogens is 266 g/mol. The van der Waals surface area contributed by atoms with Crippen LogP contribution >= 0.6 is 0 Å².